The van der Waals surface area contributed by atoms with Crippen LogP contribution in [0.1, 0.15) is 43.2 Å². The minimum absolute atomic E-state index is 0. The predicted octanol–water partition coefficient (Wildman–Crippen LogP) is 3.22. The Bertz CT molecular complexity index is 670. The smallest absolute Gasteiger partial charge is 0.318 e. The van der Waals surface area contributed by atoms with Gasteiger partial charge in [0.25, 0.3) is 0 Å². The first kappa shape index (κ1) is 22.0. The molecule has 0 saturated carbocycles. The number of aromatic nitrogens is 2. The van der Waals surface area contributed by atoms with Crippen LogP contribution in [0.15, 0.2) is 34.7 Å². The van der Waals surface area contributed by atoms with Gasteiger partial charge in [-0.25, -0.2) is 0 Å². The number of nitrogens with zero attached hydrogens (tertiary/aromatic N) is 4. The molecule has 2 saturated heterocycles. The Kier molecular flexibility index (Phi) is 8.35. The lowest BCUT2D eigenvalue weighted by Gasteiger charge is -2.35. The molecule has 6 nitrogen and oxygen atoms in total. The summed E-state index contributed by atoms with van der Waals surface area (Å²) in [4.78, 5) is 4.85. The maximum Gasteiger partial charge on any atom is 0.318 e. The summed E-state index contributed by atoms with van der Waals surface area (Å²) in [7, 11) is 0. The van der Waals surface area contributed by atoms with Gasteiger partial charge in [0.2, 0.25) is 5.89 Å². The van der Waals surface area contributed by atoms with E-state index in [0.29, 0.717) is 18.3 Å². The molecular formula is C19H29Cl2N5O. The molecule has 2 aromatic rings. The average molecular weight is 414 g/mol. The van der Waals surface area contributed by atoms with E-state index in [1.165, 1.54) is 44.3 Å². The van der Waals surface area contributed by atoms with Gasteiger partial charge in [-0.1, -0.05) is 35.4 Å². The first-order chi connectivity index (χ1) is 12.3. The molecule has 1 atom stereocenters. The Hall–Kier alpha value is -1.34. The van der Waals surface area contributed by atoms with Crippen molar-refractivity contribution in [3.05, 3.63) is 41.8 Å². The van der Waals surface area contributed by atoms with Crippen LogP contribution in [-0.2, 0) is 6.42 Å². The third-order valence-electron chi connectivity index (χ3n) is 5.44. The van der Waals surface area contributed by atoms with Crippen LogP contribution in [0.5, 0.6) is 0 Å². The van der Waals surface area contributed by atoms with Gasteiger partial charge in [-0.2, -0.15) is 0 Å². The third-order valence-corrected chi connectivity index (χ3v) is 5.44. The van der Waals surface area contributed by atoms with E-state index in [9.17, 15) is 0 Å². The van der Waals surface area contributed by atoms with Crippen molar-refractivity contribution in [1.82, 2.24) is 15.1 Å². The highest BCUT2D eigenvalue weighted by Gasteiger charge is 2.28. The molecule has 2 aliphatic rings. The molecule has 2 aliphatic heterocycles. The van der Waals surface area contributed by atoms with Gasteiger partial charge >= 0.3 is 6.01 Å². The number of benzene rings is 1. The fourth-order valence-corrected chi connectivity index (χ4v) is 3.99. The van der Waals surface area contributed by atoms with Crippen molar-refractivity contribution in [2.75, 3.05) is 31.1 Å². The van der Waals surface area contributed by atoms with Gasteiger partial charge in [0.05, 0.1) is 6.04 Å². The summed E-state index contributed by atoms with van der Waals surface area (Å²) in [5, 5.41) is 8.43. The molecule has 0 spiro atoms. The lowest BCUT2D eigenvalue weighted by Crippen LogP contribution is -2.44. The number of rotatable bonds is 5. The molecule has 0 radical (unpaired) electrons. The molecule has 1 aromatic heterocycles. The summed E-state index contributed by atoms with van der Waals surface area (Å²) in [6.45, 7) is 4.50. The quantitative estimate of drug-likeness (QED) is 0.810. The molecule has 0 amide bonds. The Morgan fingerprint density at radius 1 is 1.00 bits per heavy atom. The van der Waals surface area contributed by atoms with E-state index in [1.807, 2.05) is 18.2 Å². The lowest BCUT2D eigenvalue weighted by atomic mass is 10.0. The fraction of sp³-hybridized carbons (Fsp3) is 0.579. The highest BCUT2D eigenvalue weighted by Crippen LogP contribution is 2.25. The van der Waals surface area contributed by atoms with Crippen LogP contribution < -0.4 is 10.6 Å². The zero-order chi connectivity index (χ0) is 17.1. The second kappa shape index (κ2) is 10.3. The number of piperidine rings is 1. The number of halogens is 2. The van der Waals surface area contributed by atoms with Gasteiger partial charge in [0.1, 0.15) is 0 Å². The molecule has 1 aromatic carbocycles. The molecule has 2 N–H and O–H groups in total. The highest BCUT2D eigenvalue weighted by molar-refractivity contribution is 5.85. The lowest BCUT2D eigenvalue weighted by molar-refractivity contribution is 0.205. The van der Waals surface area contributed by atoms with Crippen molar-refractivity contribution in [2.24, 2.45) is 5.73 Å². The van der Waals surface area contributed by atoms with Crippen LogP contribution in [0.2, 0.25) is 0 Å². The van der Waals surface area contributed by atoms with Gasteiger partial charge < -0.3 is 20.0 Å². The van der Waals surface area contributed by atoms with Crippen LogP contribution in [0.25, 0.3) is 0 Å². The SMILES string of the molecule is Cl.Cl.N[C@H](Cc1ccccc1)c1nnc(N2CCC(N3CCCC3)CC2)o1. The summed E-state index contributed by atoms with van der Waals surface area (Å²) < 4.78 is 5.88. The van der Waals surface area contributed by atoms with E-state index in [1.54, 1.807) is 0 Å². The Morgan fingerprint density at radius 2 is 1.67 bits per heavy atom. The Morgan fingerprint density at radius 3 is 2.33 bits per heavy atom. The minimum Gasteiger partial charge on any atom is -0.406 e. The van der Waals surface area contributed by atoms with E-state index in [0.717, 1.165) is 19.1 Å². The van der Waals surface area contributed by atoms with E-state index >= 15 is 0 Å². The second-order valence-corrected chi connectivity index (χ2v) is 7.18. The monoisotopic (exact) mass is 413 g/mol. The normalized spacial score (nSPS) is 19.4. The molecule has 0 unspecified atom stereocenters. The van der Waals surface area contributed by atoms with E-state index < -0.39 is 0 Å². The van der Waals surface area contributed by atoms with Gasteiger partial charge in [-0.15, -0.1) is 29.9 Å². The van der Waals surface area contributed by atoms with Crippen LogP contribution in [0, 0.1) is 0 Å². The molecule has 0 bridgehead atoms. The second-order valence-electron chi connectivity index (χ2n) is 7.18. The zero-order valence-electron chi connectivity index (χ0n) is 15.5. The van der Waals surface area contributed by atoms with Gasteiger partial charge in [-0.05, 0) is 50.8 Å². The van der Waals surface area contributed by atoms with Crippen molar-refractivity contribution in [3.8, 4) is 0 Å². The predicted molar refractivity (Wildman–Crippen MR) is 112 cm³/mol. The van der Waals surface area contributed by atoms with Crippen LogP contribution in [0.3, 0.4) is 0 Å². The van der Waals surface area contributed by atoms with Crippen molar-refractivity contribution >= 4 is 30.8 Å². The standard InChI is InChI=1S/C19H27N5O.2ClH/c20-17(14-15-6-2-1-3-7-15)18-21-22-19(25-18)24-12-8-16(9-13-24)23-10-4-5-11-23;;/h1-3,6-7,16-17H,4-5,8-14,20H2;2*1H/t17-;;/m1../s1. The summed E-state index contributed by atoms with van der Waals surface area (Å²) in [6, 6.07) is 11.3. The summed E-state index contributed by atoms with van der Waals surface area (Å²) >= 11 is 0. The maximum atomic E-state index is 6.25. The highest BCUT2D eigenvalue weighted by atomic mass is 35.5. The summed E-state index contributed by atoms with van der Waals surface area (Å²) in [5.41, 5.74) is 7.43. The molecule has 0 aliphatic carbocycles. The van der Waals surface area contributed by atoms with Crippen LogP contribution >= 0.6 is 24.8 Å². The van der Waals surface area contributed by atoms with Crippen molar-refractivity contribution in [2.45, 2.75) is 44.2 Å². The van der Waals surface area contributed by atoms with Crippen LogP contribution in [-0.4, -0.2) is 47.3 Å². The zero-order valence-corrected chi connectivity index (χ0v) is 17.1. The molecular weight excluding hydrogens is 385 g/mol. The summed E-state index contributed by atoms with van der Waals surface area (Å²) in [5.74, 6) is 0.528. The van der Waals surface area contributed by atoms with Crippen molar-refractivity contribution in [1.29, 1.82) is 0 Å². The van der Waals surface area contributed by atoms with Crippen LogP contribution in [0.4, 0.5) is 6.01 Å². The average Bonchev–Trinajstić information content (AvgIpc) is 3.35. The fourth-order valence-electron chi connectivity index (χ4n) is 3.99. The third kappa shape index (κ3) is 5.35. The molecule has 2 fully saturated rings. The first-order valence-corrected chi connectivity index (χ1v) is 9.41. The van der Waals surface area contributed by atoms with Crippen molar-refractivity contribution < 1.29 is 4.42 Å². The van der Waals surface area contributed by atoms with Gasteiger partial charge in [0.15, 0.2) is 0 Å². The largest absolute Gasteiger partial charge is 0.406 e. The summed E-state index contributed by atoms with van der Waals surface area (Å²) in [6.07, 6.45) is 5.76. The number of likely N-dealkylation sites (tertiary alicyclic amines) is 1. The van der Waals surface area contributed by atoms with Gasteiger partial charge in [-0.3, -0.25) is 0 Å². The topological polar surface area (TPSA) is 71.4 Å². The number of hydrogen-bond acceptors (Lipinski definition) is 6. The minimum atomic E-state index is -0.259. The van der Waals surface area contributed by atoms with E-state index in [-0.39, 0.29) is 30.9 Å². The van der Waals surface area contributed by atoms with Crippen molar-refractivity contribution in [3.63, 3.8) is 0 Å². The Labute approximate surface area is 173 Å². The molecule has 4 rings (SSSR count). The molecule has 27 heavy (non-hydrogen) atoms. The molecule has 8 heteroatoms. The number of hydrogen-bond donors (Lipinski definition) is 1. The van der Waals surface area contributed by atoms with E-state index in [2.05, 4.69) is 32.1 Å². The number of nitrogens with two attached hydrogens (primary N) is 1. The Balaban J connectivity index is 0.00000131. The van der Waals surface area contributed by atoms with Gasteiger partial charge in [0, 0.05) is 19.1 Å². The maximum absolute atomic E-state index is 6.25. The first-order valence-electron chi connectivity index (χ1n) is 9.41. The van der Waals surface area contributed by atoms with E-state index in [4.69, 9.17) is 10.2 Å². The molecule has 150 valence electrons. The number of anilines is 1. The molecule has 3 heterocycles.